The monoisotopic (exact) mass is 315 g/mol. The van der Waals surface area contributed by atoms with Gasteiger partial charge >= 0.3 is 0 Å². The van der Waals surface area contributed by atoms with Crippen molar-refractivity contribution in [3.05, 3.63) is 62.9 Å². The van der Waals surface area contributed by atoms with Crippen LogP contribution in [0.3, 0.4) is 0 Å². The first-order valence-electron chi connectivity index (χ1n) is 5.61. The van der Waals surface area contributed by atoms with Gasteiger partial charge in [-0.25, -0.2) is 0 Å². The van der Waals surface area contributed by atoms with Crippen LogP contribution in [0.4, 0.5) is 0 Å². The average Bonchev–Trinajstić information content (AvgIpc) is 2.39. The molecule has 0 amide bonds. The maximum Gasteiger partial charge on any atom is 0.0637 e. The molecule has 3 nitrogen and oxygen atoms in total. The van der Waals surface area contributed by atoms with Gasteiger partial charge in [-0.1, -0.05) is 40.9 Å². The number of nitrogens with zero attached hydrogens (tertiary/aromatic N) is 1. The summed E-state index contributed by atoms with van der Waals surface area (Å²) >= 11 is 18.2. The average molecular weight is 317 g/mol. The predicted octanol–water partition coefficient (Wildman–Crippen LogP) is 3.79. The molecule has 1 unspecified atom stereocenters. The normalized spacial score (nSPS) is 12.4. The standard InChI is InChI=1S/C13H12Cl3N3/c14-9-2-1-8(11(15)6-9)5-13(19-17)10-3-4-18-7-12(10)16/h1-4,6-7,13,19H,5,17H2. The lowest BCUT2D eigenvalue weighted by Gasteiger charge is -2.18. The Morgan fingerprint density at radius 2 is 1.95 bits per heavy atom. The molecule has 0 radical (unpaired) electrons. The van der Waals surface area contributed by atoms with Crippen molar-refractivity contribution in [2.45, 2.75) is 12.5 Å². The Hall–Kier alpha value is -0.840. The van der Waals surface area contributed by atoms with Gasteiger partial charge in [0, 0.05) is 22.4 Å². The van der Waals surface area contributed by atoms with E-state index in [9.17, 15) is 0 Å². The largest absolute Gasteiger partial charge is 0.271 e. The number of halogens is 3. The van der Waals surface area contributed by atoms with E-state index in [1.807, 2.05) is 12.1 Å². The molecular weight excluding hydrogens is 305 g/mol. The number of aromatic nitrogens is 1. The van der Waals surface area contributed by atoms with E-state index in [4.69, 9.17) is 40.6 Å². The Labute approximate surface area is 126 Å². The van der Waals surface area contributed by atoms with Crippen LogP contribution in [0.25, 0.3) is 0 Å². The minimum Gasteiger partial charge on any atom is -0.271 e. The smallest absolute Gasteiger partial charge is 0.0637 e. The Balaban J connectivity index is 2.27. The fourth-order valence-corrected chi connectivity index (χ4v) is 2.57. The quantitative estimate of drug-likeness (QED) is 0.666. The zero-order valence-corrected chi connectivity index (χ0v) is 12.2. The molecule has 2 rings (SSSR count). The van der Waals surface area contributed by atoms with E-state index in [1.54, 1.807) is 24.5 Å². The highest BCUT2D eigenvalue weighted by Crippen LogP contribution is 2.28. The maximum atomic E-state index is 6.16. The summed E-state index contributed by atoms with van der Waals surface area (Å²) in [6.45, 7) is 0. The van der Waals surface area contributed by atoms with Crippen molar-refractivity contribution < 1.29 is 0 Å². The van der Waals surface area contributed by atoms with Crippen LogP contribution in [0.5, 0.6) is 0 Å². The van der Waals surface area contributed by atoms with Crippen LogP contribution in [0.1, 0.15) is 17.2 Å². The highest BCUT2D eigenvalue weighted by atomic mass is 35.5. The lowest BCUT2D eigenvalue weighted by atomic mass is 10.0. The lowest BCUT2D eigenvalue weighted by molar-refractivity contribution is 0.551. The molecule has 1 heterocycles. The highest BCUT2D eigenvalue weighted by molar-refractivity contribution is 6.35. The van der Waals surface area contributed by atoms with Crippen molar-refractivity contribution in [3.63, 3.8) is 0 Å². The number of benzene rings is 1. The second kappa shape index (κ2) is 6.55. The van der Waals surface area contributed by atoms with Gasteiger partial charge in [0.25, 0.3) is 0 Å². The number of pyridine rings is 1. The highest BCUT2D eigenvalue weighted by Gasteiger charge is 2.15. The molecule has 0 bridgehead atoms. The number of hydrogen-bond donors (Lipinski definition) is 2. The summed E-state index contributed by atoms with van der Waals surface area (Å²) < 4.78 is 0. The minimum atomic E-state index is -0.144. The molecule has 0 fully saturated rings. The molecule has 2 aromatic rings. The maximum absolute atomic E-state index is 6.16. The molecule has 19 heavy (non-hydrogen) atoms. The fourth-order valence-electron chi connectivity index (χ4n) is 1.83. The van der Waals surface area contributed by atoms with Crippen molar-refractivity contribution in [3.8, 4) is 0 Å². The zero-order valence-electron chi connectivity index (χ0n) is 9.91. The van der Waals surface area contributed by atoms with Gasteiger partial charge in [0.1, 0.15) is 0 Å². The van der Waals surface area contributed by atoms with Gasteiger partial charge in [-0.3, -0.25) is 16.3 Å². The summed E-state index contributed by atoms with van der Waals surface area (Å²) in [6.07, 6.45) is 3.87. The van der Waals surface area contributed by atoms with Gasteiger partial charge in [-0.05, 0) is 35.7 Å². The van der Waals surface area contributed by atoms with Crippen LogP contribution in [-0.2, 0) is 6.42 Å². The van der Waals surface area contributed by atoms with E-state index in [-0.39, 0.29) is 6.04 Å². The van der Waals surface area contributed by atoms with E-state index < -0.39 is 0 Å². The molecule has 1 aromatic heterocycles. The molecule has 3 N–H and O–H groups in total. The van der Waals surface area contributed by atoms with Crippen LogP contribution in [-0.4, -0.2) is 4.98 Å². The van der Waals surface area contributed by atoms with Crippen LogP contribution < -0.4 is 11.3 Å². The predicted molar refractivity (Wildman–Crippen MR) is 79.5 cm³/mol. The van der Waals surface area contributed by atoms with Gasteiger partial charge in [-0.15, -0.1) is 0 Å². The summed E-state index contributed by atoms with van der Waals surface area (Å²) in [7, 11) is 0. The molecule has 0 spiro atoms. The van der Waals surface area contributed by atoms with Gasteiger partial charge in [0.05, 0.1) is 11.1 Å². The third kappa shape index (κ3) is 3.59. The van der Waals surface area contributed by atoms with Crippen LogP contribution in [0.2, 0.25) is 15.1 Å². The topological polar surface area (TPSA) is 50.9 Å². The van der Waals surface area contributed by atoms with Crippen LogP contribution in [0.15, 0.2) is 36.7 Å². The number of hydrogen-bond acceptors (Lipinski definition) is 3. The number of hydrazine groups is 1. The SMILES string of the molecule is NNC(Cc1ccc(Cl)cc1Cl)c1ccncc1Cl. The van der Waals surface area contributed by atoms with Gasteiger partial charge in [0.2, 0.25) is 0 Å². The van der Waals surface area contributed by atoms with Crippen molar-refractivity contribution in [1.29, 1.82) is 0 Å². The first-order valence-corrected chi connectivity index (χ1v) is 6.74. The molecule has 0 aliphatic carbocycles. The molecule has 0 saturated carbocycles. The summed E-state index contributed by atoms with van der Waals surface area (Å²) in [5.74, 6) is 5.60. The Kier molecular flexibility index (Phi) is 5.02. The first-order chi connectivity index (χ1) is 9.11. The molecule has 0 aliphatic rings. The Morgan fingerprint density at radius 3 is 2.58 bits per heavy atom. The van der Waals surface area contributed by atoms with Crippen molar-refractivity contribution >= 4 is 34.8 Å². The summed E-state index contributed by atoms with van der Waals surface area (Å²) in [6, 6.07) is 7.07. The second-order valence-electron chi connectivity index (χ2n) is 4.06. The van der Waals surface area contributed by atoms with Crippen LogP contribution >= 0.6 is 34.8 Å². The summed E-state index contributed by atoms with van der Waals surface area (Å²) in [5, 5.41) is 1.78. The van der Waals surface area contributed by atoms with E-state index in [2.05, 4.69) is 10.4 Å². The fraction of sp³-hybridized carbons (Fsp3) is 0.154. The van der Waals surface area contributed by atoms with Gasteiger partial charge in [0.15, 0.2) is 0 Å². The minimum absolute atomic E-state index is 0.144. The van der Waals surface area contributed by atoms with Crippen molar-refractivity contribution in [2.75, 3.05) is 0 Å². The molecular formula is C13H12Cl3N3. The van der Waals surface area contributed by atoms with E-state index in [1.165, 1.54) is 0 Å². The Bertz CT molecular complexity index is 575. The van der Waals surface area contributed by atoms with Crippen molar-refractivity contribution in [1.82, 2.24) is 10.4 Å². The van der Waals surface area contributed by atoms with Crippen molar-refractivity contribution in [2.24, 2.45) is 5.84 Å². The van der Waals surface area contributed by atoms with E-state index >= 15 is 0 Å². The third-order valence-corrected chi connectivity index (χ3v) is 3.72. The number of rotatable bonds is 4. The zero-order chi connectivity index (χ0) is 13.8. The molecule has 0 saturated heterocycles. The first kappa shape index (κ1) is 14.6. The van der Waals surface area contributed by atoms with Gasteiger partial charge in [-0.2, -0.15) is 0 Å². The third-order valence-electron chi connectivity index (χ3n) is 2.82. The molecule has 0 aliphatic heterocycles. The molecule has 1 atom stereocenters. The summed E-state index contributed by atoms with van der Waals surface area (Å²) in [4.78, 5) is 3.95. The van der Waals surface area contributed by atoms with Crippen LogP contribution in [0, 0.1) is 0 Å². The van der Waals surface area contributed by atoms with E-state index in [0.717, 1.165) is 11.1 Å². The Morgan fingerprint density at radius 1 is 1.16 bits per heavy atom. The van der Waals surface area contributed by atoms with E-state index in [0.29, 0.717) is 21.5 Å². The second-order valence-corrected chi connectivity index (χ2v) is 5.31. The molecule has 1 aromatic carbocycles. The molecule has 6 heteroatoms. The summed E-state index contributed by atoms with van der Waals surface area (Å²) in [5.41, 5.74) is 4.57. The van der Waals surface area contributed by atoms with Gasteiger partial charge < -0.3 is 0 Å². The lowest BCUT2D eigenvalue weighted by Crippen LogP contribution is -2.29. The number of nitrogens with two attached hydrogens (primary N) is 1. The molecule has 100 valence electrons. The number of nitrogens with one attached hydrogen (secondary N) is 1.